The number of rotatable bonds is 4. The van der Waals surface area contributed by atoms with E-state index in [0.29, 0.717) is 12.1 Å². The number of pyridine rings is 1. The van der Waals surface area contributed by atoms with Crippen LogP contribution in [-0.4, -0.2) is 21.6 Å². The molecule has 0 fully saturated rings. The molecule has 0 amide bonds. The lowest BCUT2D eigenvalue weighted by Crippen LogP contribution is -1.98. The van der Waals surface area contributed by atoms with Gasteiger partial charge in [-0.05, 0) is 23.8 Å². The molecule has 2 nitrogen and oxygen atoms in total. The van der Waals surface area contributed by atoms with Gasteiger partial charge in [0.1, 0.15) is 6.67 Å². The zero-order chi connectivity index (χ0) is 12.1. The Hall–Kier alpha value is -1.37. The molecular weight excluding hydrogens is 232 g/mol. The fourth-order valence-electron chi connectivity index (χ4n) is 1.66. The van der Waals surface area contributed by atoms with Crippen LogP contribution in [-0.2, 0) is 13.1 Å². The predicted octanol–water partition coefficient (Wildman–Crippen LogP) is 2.60. The second kappa shape index (κ2) is 5.81. The number of benzene rings is 1. The van der Waals surface area contributed by atoms with Gasteiger partial charge in [-0.15, -0.1) is 0 Å². The first-order chi connectivity index (χ1) is 8.33. The first-order valence-corrected chi connectivity index (χ1v) is 5.76. The van der Waals surface area contributed by atoms with Gasteiger partial charge in [0, 0.05) is 12.1 Å². The third-order valence-electron chi connectivity index (χ3n) is 2.47. The van der Waals surface area contributed by atoms with Gasteiger partial charge < -0.3 is 3.79 Å². The van der Waals surface area contributed by atoms with Crippen LogP contribution in [0.4, 0.5) is 4.39 Å². The topological polar surface area (TPSA) is 22.1 Å². The number of nitrogens with zero attached hydrogens (tertiary/aromatic N) is 1. The zero-order valence-electron chi connectivity index (χ0n) is 9.27. The van der Waals surface area contributed by atoms with E-state index in [1.54, 1.807) is 6.07 Å². The summed E-state index contributed by atoms with van der Waals surface area (Å²) in [5.41, 5.74) is 2.34. The van der Waals surface area contributed by atoms with Crippen LogP contribution in [0, 0.1) is 0 Å². The highest BCUT2D eigenvalue weighted by atomic mass is 27.1. The molecule has 0 saturated heterocycles. The lowest BCUT2D eigenvalue weighted by molar-refractivity contribution is 0.475. The molecule has 4 heteroatoms. The molecule has 0 aliphatic rings. The average Bonchev–Trinajstić information content (AvgIpc) is 2.39. The number of halogens is 1. The molecule has 0 saturated carbocycles. The number of hydrogen-bond acceptors (Lipinski definition) is 2. The van der Waals surface area contributed by atoms with Gasteiger partial charge in [0.15, 0.2) is 0 Å². The van der Waals surface area contributed by atoms with E-state index in [1.807, 2.05) is 36.4 Å². The van der Waals surface area contributed by atoms with Crippen molar-refractivity contribution in [3.63, 3.8) is 0 Å². The maximum absolute atomic E-state index is 12.5. The summed E-state index contributed by atoms with van der Waals surface area (Å²) in [7, 11) is 0. The van der Waals surface area contributed by atoms with Crippen molar-refractivity contribution < 1.29 is 8.18 Å². The normalized spacial score (nSPS) is 10.2. The van der Waals surface area contributed by atoms with Gasteiger partial charge in [0.2, 0.25) is 0 Å². The summed E-state index contributed by atoms with van der Waals surface area (Å²) in [5.74, 6) is 0.796. The molecule has 0 unspecified atom stereocenters. The van der Waals surface area contributed by atoms with Gasteiger partial charge in [-0.2, -0.15) is 0 Å². The summed E-state index contributed by atoms with van der Waals surface area (Å²) in [6.45, 7) is -0.532. The van der Waals surface area contributed by atoms with E-state index in [2.05, 4.69) is 21.6 Å². The Morgan fingerprint density at radius 2 is 1.82 bits per heavy atom. The van der Waals surface area contributed by atoms with Crippen molar-refractivity contribution in [2.24, 2.45) is 0 Å². The second-order valence-corrected chi connectivity index (χ2v) is 3.89. The van der Waals surface area contributed by atoms with Gasteiger partial charge in [-0.25, -0.2) is 4.39 Å². The monoisotopic (exact) mass is 243 g/mol. The molecule has 17 heavy (non-hydrogen) atoms. The number of hydrogen-bond donors (Lipinski definition) is 0. The van der Waals surface area contributed by atoms with Crippen LogP contribution in [0.15, 0.2) is 42.5 Å². The Balaban J connectivity index is 2.24. The van der Waals surface area contributed by atoms with Gasteiger partial charge in [0.05, 0.1) is 11.4 Å². The van der Waals surface area contributed by atoms with E-state index in [-0.39, 0.29) is 0 Å². The van der Waals surface area contributed by atoms with Crippen LogP contribution in [0.5, 0.6) is 5.75 Å². The molecule has 0 aliphatic heterocycles. The average molecular weight is 243 g/mol. The van der Waals surface area contributed by atoms with E-state index in [4.69, 9.17) is 3.79 Å². The lowest BCUT2D eigenvalue weighted by Gasteiger charge is -2.09. The quantitative estimate of drug-likeness (QED) is 0.770. The molecule has 0 spiro atoms. The van der Waals surface area contributed by atoms with E-state index < -0.39 is 6.67 Å². The molecular formula is C13H11AlFNO. The Labute approximate surface area is 108 Å². The van der Waals surface area contributed by atoms with E-state index >= 15 is 0 Å². The first kappa shape index (κ1) is 12.1. The zero-order valence-corrected chi connectivity index (χ0v) is 10.4. The molecule has 1 aromatic heterocycles. The molecule has 84 valence electrons. The minimum absolute atomic E-state index is 0.465. The third kappa shape index (κ3) is 3.06. The van der Waals surface area contributed by atoms with Crippen LogP contribution >= 0.6 is 0 Å². The SMILES string of the molecule is FCc1cccc(Cc2ccccc2[O][Al])n1. The third-order valence-corrected chi connectivity index (χ3v) is 2.73. The lowest BCUT2D eigenvalue weighted by atomic mass is 10.1. The van der Waals surface area contributed by atoms with Crippen molar-refractivity contribution in [2.45, 2.75) is 13.1 Å². The minimum Gasteiger partial charge on any atom is -0.653 e. The Bertz CT molecular complexity index is 504. The molecule has 0 bridgehead atoms. The number of para-hydroxylation sites is 1. The summed E-state index contributed by atoms with van der Waals surface area (Å²) in [6.07, 6.45) is 0.637. The van der Waals surface area contributed by atoms with Crippen LogP contribution in [0.3, 0.4) is 0 Å². The smallest absolute Gasteiger partial charge is 0.482 e. The fourth-order valence-corrected chi connectivity index (χ4v) is 1.89. The van der Waals surface area contributed by atoms with Crippen molar-refractivity contribution in [3.8, 4) is 5.75 Å². The Morgan fingerprint density at radius 1 is 1.06 bits per heavy atom. The van der Waals surface area contributed by atoms with Crippen LogP contribution < -0.4 is 3.79 Å². The number of alkyl halides is 1. The number of aromatic nitrogens is 1. The van der Waals surface area contributed by atoms with Crippen LogP contribution in [0.1, 0.15) is 17.0 Å². The van der Waals surface area contributed by atoms with Gasteiger partial charge >= 0.3 is 16.6 Å². The first-order valence-electron chi connectivity index (χ1n) is 5.29. The maximum atomic E-state index is 12.5. The molecule has 0 N–H and O–H groups in total. The van der Waals surface area contributed by atoms with Crippen LogP contribution in [0.25, 0.3) is 0 Å². The van der Waals surface area contributed by atoms with E-state index in [1.165, 1.54) is 0 Å². The largest absolute Gasteiger partial charge is 0.653 e. The van der Waals surface area contributed by atoms with Crippen molar-refractivity contribution >= 4 is 16.6 Å². The minimum atomic E-state index is -0.532. The standard InChI is InChI=1S/C13H12FNO.Al/c14-9-12-6-3-5-11(15-12)8-10-4-1-2-7-13(10)16;/h1-7,16H,8-9H2;/q;+1/p-1. The Morgan fingerprint density at radius 3 is 2.59 bits per heavy atom. The van der Waals surface area contributed by atoms with Crippen molar-refractivity contribution in [2.75, 3.05) is 0 Å². The molecule has 0 atom stereocenters. The summed E-state index contributed by atoms with van der Waals surface area (Å²) in [4.78, 5) is 4.22. The van der Waals surface area contributed by atoms with Crippen molar-refractivity contribution in [3.05, 3.63) is 59.4 Å². The maximum Gasteiger partial charge on any atom is 0.482 e. The summed E-state index contributed by atoms with van der Waals surface area (Å²) in [6, 6.07) is 13.1. The fraction of sp³-hybridized carbons (Fsp3) is 0.154. The molecule has 2 aromatic rings. The van der Waals surface area contributed by atoms with Crippen LogP contribution in [0.2, 0.25) is 0 Å². The summed E-state index contributed by atoms with van der Waals surface area (Å²) < 4.78 is 17.7. The predicted molar refractivity (Wildman–Crippen MR) is 64.7 cm³/mol. The molecule has 1 heterocycles. The summed E-state index contributed by atoms with van der Waals surface area (Å²) >= 11 is 2.23. The van der Waals surface area contributed by atoms with Gasteiger partial charge in [-0.3, -0.25) is 4.98 Å². The summed E-state index contributed by atoms with van der Waals surface area (Å²) in [5, 5.41) is 0. The van der Waals surface area contributed by atoms with Gasteiger partial charge in [0.25, 0.3) is 0 Å². The highest BCUT2D eigenvalue weighted by molar-refractivity contribution is 6.00. The highest BCUT2D eigenvalue weighted by Gasteiger charge is 2.04. The molecule has 2 radical (unpaired) electrons. The van der Waals surface area contributed by atoms with E-state index in [0.717, 1.165) is 17.0 Å². The van der Waals surface area contributed by atoms with Gasteiger partial charge in [-0.1, -0.05) is 24.3 Å². The van der Waals surface area contributed by atoms with Crippen molar-refractivity contribution in [1.29, 1.82) is 0 Å². The van der Waals surface area contributed by atoms with Crippen molar-refractivity contribution in [1.82, 2.24) is 4.98 Å². The molecule has 2 rings (SSSR count). The molecule has 0 aliphatic carbocycles. The highest BCUT2D eigenvalue weighted by Crippen LogP contribution is 2.20. The molecule has 1 aromatic carbocycles. The Kier molecular flexibility index (Phi) is 4.14. The second-order valence-electron chi connectivity index (χ2n) is 3.66. The van der Waals surface area contributed by atoms with E-state index in [9.17, 15) is 4.39 Å².